The first kappa shape index (κ1) is 21.0. The van der Waals surface area contributed by atoms with E-state index in [2.05, 4.69) is 0 Å². The first-order chi connectivity index (χ1) is 15.4. The molecule has 0 fully saturated rings. The van der Waals surface area contributed by atoms with E-state index in [0.717, 1.165) is 27.2 Å². The molecule has 1 aliphatic rings. The fourth-order valence-corrected chi connectivity index (χ4v) is 4.00. The molecule has 0 radical (unpaired) electrons. The number of carbonyl (C=O) groups is 2. The summed E-state index contributed by atoms with van der Waals surface area (Å²) in [6.07, 6.45) is -0.837. The third-order valence-corrected chi connectivity index (χ3v) is 5.62. The molecule has 8 heteroatoms. The van der Waals surface area contributed by atoms with Crippen molar-refractivity contribution in [3.63, 3.8) is 0 Å². The maximum Gasteiger partial charge on any atom is 0.415 e. The SMILES string of the molecule is CC(C(=O)O)N(C(=O)OCC1c2ccccc2-c2ccccc21)c1ccc([N+](=O)[O-])cc1. The number of benzene rings is 3. The summed E-state index contributed by atoms with van der Waals surface area (Å²) in [5.41, 5.74) is 4.27. The van der Waals surface area contributed by atoms with Gasteiger partial charge in [-0.3, -0.25) is 15.0 Å². The van der Waals surface area contributed by atoms with Crippen LogP contribution in [0.25, 0.3) is 11.1 Å². The molecule has 3 aromatic carbocycles. The van der Waals surface area contributed by atoms with Gasteiger partial charge in [0, 0.05) is 23.7 Å². The van der Waals surface area contributed by atoms with Crippen LogP contribution in [0.2, 0.25) is 0 Å². The van der Waals surface area contributed by atoms with Crippen LogP contribution in [-0.2, 0) is 9.53 Å². The molecule has 0 saturated carbocycles. The van der Waals surface area contributed by atoms with E-state index in [-0.39, 0.29) is 23.9 Å². The van der Waals surface area contributed by atoms with E-state index in [0.29, 0.717) is 0 Å². The fourth-order valence-electron chi connectivity index (χ4n) is 4.00. The fraction of sp³-hybridized carbons (Fsp3) is 0.167. The van der Waals surface area contributed by atoms with Crippen LogP contribution < -0.4 is 4.90 Å². The molecule has 162 valence electrons. The van der Waals surface area contributed by atoms with E-state index in [1.165, 1.54) is 31.2 Å². The molecule has 32 heavy (non-hydrogen) atoms. The number of hydrogen-bond acceptors (Lipinski definition) is 5. The number of fused-ring (bicyclic) bond motifs is 3. The highest BCUT2D eigenvalue weighted by Gasteiger charge is 2.32. The maximum atomic E-state index is 13.0. The number of hydrogen-bond donors (Lipinski definition) is 1. The number of carboxylic acid groups (broad SMARTS) is 1. The Morgan fingerprint density at radius 2 is 1.53 bits per heavy atom. The van der Waals surface area contributed by atoms with Crippen molar-refractivity contribution >= 4 is 23.4 Å². The smallest absolute Gasteiger partial charge is 0.415 e. The Bertz CT molecular complexity index is 1150. The number of nitro benzene ring substituents is 1. The van der Waals surface area contributed by atoms with Crippen molar-refractivity contribution in [3.8, 4) is 11.1 Å². The number of carbonyl (C=O) groups excluding carboxylic acids is 1. The summed E-state index contributed by atoms with van der Waals surface area (Å²) in [5, 5.41) is 20.4. The topological polar surface area (TPSA) is 110 Å². The molecule has 0 aromatic heterocycles. The van der Waals surface area contributed by atoms with Gasteiger partial charge in [0.25, 0.3) is 5.69 Å². The minimum atomic E-state index is -1.23. The number of ether oxygens (including phenoxy) is 1. The van der Waals surface area contributed by atoms with Crippen molar-refractivity contribution in [3.05, 3.63) is 94.0 Å². The molecule has 1 N–H and O–H groups in total. The van der Waals surface area contributed by atoms with E-state index >= 15 is 0 Å². The van der Waals surface area contributed by atoms with E-state index in [4.69, 9.17) is 4.74 Å². The van der Waals surface area contributed by atoms with Crippen molar-refractivity contribution in [2.24, 2.45) is 0 Å². The normalized spacial score (nSPS) is 13.0. The predicted molar refractivity (Wildman–Crippen MR) is 118 cm³/mol. The van der Waals surface area contributed by atoms with Gasteiger partial charge in [0.2, 0.25) is 0 Å². The second-order valence-electron chi connectivity index (χ2n) is 7.46. The third kappa shape index (κ3) is 3.78. The summed E-state index contributed by atoms with van der Waals surface area (Å²) >= 11 is 0. The van der Waals surface area contributed by atoms with E-state index in [9.17, 15) is 24.8 Å². The molecule has 1 amide bonds. The number of carboxylic acids is 1. The van der Waals surface area contributed by atoms with Gasteiger partial charge in [-0.1, -0.05) is 48.5 Å². The largest absolute Gasteiger partial charge is 0.480 e. The minimum Gasteiger partial charge on any atom is -0.480 e. The summed E-state index contributed by atoms with van der Waals surface area (Å²) in [4.78, 5) is 36.0. The Morgan fingerprint density at radius 3 is 2.03 bits per heavy atom. The second-order valence-corrected chi connectivity index (χ2v) is 7.46. The zero-order valence-electron chi connectivity index (χ0n) is 17.2. The van der Waals surface area contributed by atoms with Crippen LogP contribution in [0.5, 0.6) is 0 Å². The quantitative estimate of drug-likeness (QED) is 0.442. The molecule has 0 bridgehead atoms. The lowest BCUT2D eigenvalue weighted by Crippen LogP contribution is -2.44. The molecule has 0 spiro atoms. The van der Waals surface area contributed by atoms with Crippen LogP contribution in [-0.4, -0.2) is 34.7 Å². The van der Waals surface area contributed by atoms with Gasteiger partial charge in [-0.15, -0.1) is 0 Å². The molecular formula is C24H20N2O6. The average molecular weight is 432 g/mol. The van der Waals surface area contributed by atoms with Gasteiger partial charge in [-0.2, -0.15) is 0 Å². The molecular weight excluding hydrogens is 412 g/mol. The molecule has 4 rings (SSSR count). The first-order valence-electron chi connectivity index (χ1n) is 10.00. The van der Waals surface area contributed by atoms with Gasteiger partial charge >= 0.3 is 12.1 Å². The molecule has 1 atom stereocenters. The Kier molecular flexibility index (Phi) is 5.59. The van der Waals surface area contributed by atoms with Crippen molar-refractivity contribution in [2.45, 2.75) is 18.9 Å². The molecule has 8 nitrogen and oxygen atoms in total. The lowest BCUT2D eigenvalue weighted by Gasteiger charge is -2.26. The molecule has 0 heterocycles. The van der Waals surface area contributed by atoms with Crippen LogP contribution in [0.1, 0.15) is 24.0 Å². The van der Waals surface area contributed by atoms with Gasteiger partial charge in [0.1, 0.15) is 12.6 Å². The Balaban J connectivity index is 1.59. The second kappa shape index (κ2) is 8.50. The zero-order valence-corrected chi connectivity index (χ0v) is 17.2. The zero-order chi connectivity index (χ0) is 22.8. The monoisotopic (exact) mass is 432 g/mol. The van der Waals surface area contributed by atoms with Crippen LogP contribution >= 0.6 is 0 Å². The average Bonchev–Trinajstić information content (AvgIpc) is 3.12. The Hall–Kier alpha value is -4.20. The standard InChI is InChI=1S/C24H20N2O6/c1-15(23(27)28)25(16-10-12-17(13-11-16)26(30)31)24(29)32-14-22-20-8-4-2-6-18(20)19-7-3-5-9-21(19)22/h2-13,15,22H,14H2,1H3,(H,27,28). The third-order valence-electron chi connectivity index (χ3n) is 5.62. The highest BCUT2D eigenvalue weighted by Crippen LogP contribution is 2.44. The number of rotatable bonds is 6. The van der Waals surface area contributed by atoms with E-state index < -0.39 is 23.0 Å². The number of non-ortho nitro benzene ring substituents is 1. The van der Waals surface area contributed by atoms with E-state index in [1.807, 2.05) is 48.5 Å². The minimum absolute atomic E-state index is 0.0304. The van der Waals surface area contributed by atoms with Crippen LogP contribution in [0.15, 0.2) is 72.8 Å². The summed E-state index contributed by atoms with van der Waals surface area (Å²) < 4.78 is 5.60. The number of nitro groups is 1. The van der Waals surface area contributed by atoms with Crippen molar-refractivity contribution in [1.29, 1.82) is 0 Å². The van der Waals surface area contributed by atoms with Crippen LogP contribution in [0.4, 0.5) is 16.2 Å². The molecule has 0 saturated heterocycles. The van der Waals surface area contributed by atoms with Crippen LogP contribution in [0, 0.1) is 10.1 Å². The Labute approximate surface area is 183 Å². The lowest BCUT2D eigenvalue weighted by atomic mass is 9.98. The van der Waals surface area contributed by atoms with Gasteiger partial charge < -0.3 is 9.84 Å². The predicted octanol–water partition coefficient (Wildman–Crippen LogP) is 4.82. The van der Waals surface area contributed by atoms with Crippen LogP contribution in [0.3, 0.4) is 0 Å². The maximum absolute atomic E-state index is 13.0. The summed E-state index contributed by atoms with van der Waals surface area (Å²) in [6.45, 7) is 1.38. The number of aliphatic carboxylic acids is 1. The lowest BCUT2D eigenvalue weighted by molar-refractivity contribution is -0.384. The summed E-state index contributed by atoms with van der Waals surface area (Å²) in [6, 6.07) is 19.6. The number of anilines is 1. The van der Waals surface area contributed by atoms with Crippen molar-refractivity contribution < 1.29 is 24.4 Å². The molecule has 3 aromatic rings. The van der Waals surface area contributed by atoms with E-state index in [1.54, 1.807) is 0 Å². The van der Waals surface area contributed by atoms with Gasteiger partial charge in [-0.05, 0) is 41.3 Å². The van der Waals surface area contributed by atoms with Crippen molar-refractivity contribution in [1.82, 2.24) is 0 Å². The molecule has 1 unspecified atom stereocenters. The van der Waals surface area contributed by atoms with Gasteiger partial charge in [-0.25, -0.2) is 9.59 Å². The number of amides is 1. The van der Waals surface area contributed by atoms with Crippen molar-refractivity contribution in [2.75, 3.05) is 11.5 Å². The highest BCUT2D eigenvalue weighted by atomic mass is 16.6. The highest BCUT2D eigenvalue weighted by molar-refractivity contribution is 5.95. The van der Waals surface area contributed by atoms with Gasteiger partial charge in [0.15, 0.2) is 0 Å². The number of nitrogens with zero attached hydrogens (tertiary/aromatic N) is 2. The summed E-state index contributed by atoms with van der Waals surface area (Å²) in [7, 11) is 0. The molecule has 0 aliphatic heterocycles. The summed E-state index contributed by atoms with van der Waals surface area (Å²) in [5.74, 6) is -1.40. The van der Waals surface area contributed by atoms with Gasteiger partial charge in [0.05, 0.1) is 4.92 Å². The first-order valence-corrected chi connectivity index (χ1v) is 10.00. The molecule has 1 aliphatic carbocycles. The Morgan fingerprint density at radius 1 is 1.00 bits per heavy atom.